The van der Waals surface area contributed by atoms with Crippen LogP contribution in [0.3, 0.4) is 0 Å². The Bertz CT molecular complexity index is 780. The Morgan fingerprint density at radius 1 is 1.31 bits per heavy atom. The molecule has 0 saturated heterocycles. The van der Waals surface area contributed by atoms with Crippen LogP contribution >= 0.6 is 11.3 Å². The number of aryl methyl sites for hydroxylation is 1. The van der Waals surface area contributed by atoms with Gasteiger partial charge in [0.15, 0.2) is 0 Å². The number of nitrogens with one attached hydrogen (secondary N) is 1. The summed E-state index contributed by atoms with van der Waals surface area (Å²) < 4.78 is 5.54. The molecule has 26 heavy (non-hydrogen) atoms. The fraction of sp³-hybridized carbons (Fsp3) is 0.421. The number of aromatic nitrogens is 1. The topological polar surface area (TPSA) is 88.5 Å². The average Bonchev–Trinajstić information content (AvgIpc) is 3.02. The zero-order valence-corrected chi connectivity index (χ0v) is 16.2. The minimum atomic E-state index is -1.09. The molecule has 1 atom stereocenters. The second-order valence-corrected chi connectivity index (χ2v) is 7.82. The van der Waals surface area contributed by atoms with Crippen LogP contribution in [0, 0.1) is 6.92 Å². The lowest BCUT2D eigenvalue weighted by atomic mass is 10.1. The second-order valence-electron chi connectivity index (χ2n) is 6.97. The van der Waals surface area contributed by atoms with E-state index in [4.69, 9.17) is 4.74 Å². The molecule has 0 fully saturated rings. The van der Waals surface area contributed by atoms with Crippen LogP contribution in [0.4, 0.5) is 0 Å². The highest BCUT2D eigenvalue weighted by Crippen LogP contribution is 2.26. The Labute approximate surface area is 157 Å². The van der Waals surface area contributed by atoms with Gasteiger partial charge < -0.3 is 15.2 Å². The molecule has 7 heteroatoms. The van der Waals surface area contributed by atoms with Crippen molar-refractivity contribution in [2.24, 2.45) is 0 Å². The van der Waals surface area contributed by atoms with E-state index in [9.17, 15) is 14.7 Å². The number of thiazole rings is 1. The van der Waals surface area contributed by atoms with E-state index in [1.165, 1.54) is 11.3 Å². The van der Waals surface area contributed by atoms with Gasteiger partial charge in [-0.3, -0.25) is 4.79 Å². The number of carbonyl (C=O) groups excluding carboxylic acids is 1. The molecule has 0 bridgehead atoms. The first kappa shape index (κ1) is 20.1. The fourth-order valence-electron chi connectivity index (χ4n) is 2.29. The Morgan fingerprint density at radius 2 is 2.00 bits per heavy atom. The van der Waals surface area contributed by atoms with Crippen LogP contribution in [0.5, 0.6) is 0 Å². The van der Waals surface area contributed by atoms with Gasteiger partial charge in [0.1, 0.15) is 16.7 Å². The van der Waals surface area contributed by atoms with Gasteiger partial charge in [-0.05, 0) is 33.3 Å². The highest BCUT2D eigenvalue weighted by molar-refractivity contribution is 7.13. The number of carboxylic acids is 1. The maximum absolute atomic E-state index is 12.4. The Hall–Kier alpha value is -2.25. The minimum absolute atomic E-state index is 0.188. The SMILES string of the molecule is Cc1ccccc1-c1nc(C(=O)NC(CCOC(C)(C)C)C(=O)O)cs1. The van der Waals surface area contributed by atoms with E-state index < -0.39 is 17.9 Å². The van der Waals surface area contributed by atoms with Crippen LogP contribution in [-0.4, -0.2) is 40.2 Å². The molecular formula is C19H24N2O4S. The molecule has 2 aromatic rings. The normalized spacial score (nSPS) is 12.6. The Balaban J connectivity index is 2.03. The molecular weight excluding hydrogens is 352 g/mol. The van der Waals surface area contributed by atoms with Crippen molar-refractivity contribution in [3.63, 3.8) is 0 Å². The van der Waals surface area contributed by atoms with Gasteiger partial charge >= 0.3 is 5.97 Å². The third-order valence-corrected chi connectivity index (χ3v) is 4.53. The standard InChI is InChI=1S/C19H24N2O4S/c1-12-7-5-6-8-13(12)17-21-15(11-26-17)16(22)20-14(18(23)24)9-10-25-19(2,3)4/h5-8,11,14H,9-10H2,1-4H3,(H,20,22)(H,23,24). The number of ether oxygens (including phenoxy) is 1. The predicted molar refractivity (Wildman–Crippen MR) is 101 cm³/mol. The van der Waals surface area contributed by atoms with Gasteiger partial charge in [-0.25, -0.2) is 9.78 Å². The third kappa shape index (κ3) is 5.64. The summed E-state index contributed by atoms with van der Waals surface area (Å²) in [5.41, 5.74) is 1.89. The van der Waals surface area contributed by atoms with Crippen molar-refractivity contribution in [3.8, 4) is 10.6 Å². The van der Waals surface area contributed by atoms with Gasteiger partial charge in [-0.2, -0.15) is 0 Å². The first-order valence-electron chi connectivity index (χ1n) is 8.36. The molecule has 1 unspecified atom stereocenters. The van der Waals surface area contributed by atoms with Crippen molar-refractivity contribution in [2.75, 3.05) is 6.61 Å². The highest BCUT2D eigenvalue weighted by atomic mass is 32.1. The zero-order chi connectivity index (χ0) is 19.3. The van der Waals surface area contributed by atoms with E-state index in [0.29, 0.717) is 0 Å². The van der Waals surface area contributed by atoms with Crippen LogP contribution < -0.4 is 5.32 Å². The maximum Gasteiger partial charge on any atom is 0.326 e. The summed E-state index contributed by atoms with van der Waals surface area (Å²) in [5.74, 6) is -1.59. The van der Waals surface area contributed by atoms with E-state index >= 15 is 0 Å². The van der Waals surface area contributed by atoms with E-state index in [2.05, 4.69) is 10.3 Å². The first-order chi connectivity index (χ1) is 12.2. The van der Waals surface area contributed by atoms with Crippen LogP contribution in [0.1, 0.15) is 43.2 Å². The molecule has 1 aromatic heterocycles. The molecule has 0 aliphatic carbocycles. The number of nitrogens with zero attached hydrogens (tertiary/aromatic N) is 1. The number of benzene rings is 1. The fourth-order valence-corrected chi connectivity index (χ4v) is 3.18. The van der Waals surface area contributed by atoms with Gasteiger partial charge in [0.2, 0.25) is 0 Å². The summed E-state index contributed by atoms with van der Waals surface area (Å²) in [6.45, 7) is 7.90. The van der Waals surface area contributed by atoms with Gasteiger partial charge in [0, 0.05) is 24.0 Å². The second kappa shape index (κ2) is 8.42. The lowest BCUT2D eigenvalue weighted by molar-refractivity contribution is -0.140. The molecule has 0 aliphatic heterocycles. The zero-order valence-electron chi connectivity index (χ0n) is 15.4. The largest absolute Gasteiger partial charge is 0.480 e. The molecule has 2 rings (SSSR count). The summed E-state index contributed by atoms with van der Waals surface area (Å²) in [6.07, 6.45) is 0.188. The molecule has 1 amide bonds. The molecule has 6 nitrogen and oxygen atoms in total. The maximum atomic E-state index is 12.4. The summed E-state index contributed by atoms with van der Waals surface area (Å²) in [5, 5.41) is 14.2. The van der Waals surface area contributed by atoms with Crippen molar-refractivity contribution < 1.29 is 19.4 Å². The smallest absolute Gasteiger partial charge is 0.326 e. The summed E-state index contributed by atoms with van der Waals surface area (Å²) in [4.78, 5) is 28.1. The number of amides is 1. The summed E-state index contributed by atoms with van der Waals surface area (Å²) >= 11 is 1.36. The van der Waals surface area contributed by atoms with E-state index in [-0.39, 0.29) is 24.3 Å². The van der Waals surface area contributed by atoms with E-state index in [1.54, 1.807) is 5.38 Å². The molecule has 1 aromatic carbocycles. The lowest BCUT2D eigenvalue weighted by Gasteiger charge is -2.21. The highest BCUT2D eigenvalue weighted by Gasteiger charge is 2.23. The summed E-state index contributed by atoms with van der Waals surface area (Å²) in [6, 6.07) is 6.76. The molecule has 0 aliphatic rings. The van der Waals surface area contributed by atoms with Gasteiger partial charge in [-0.15, -0.1) is 11.3 Å². The van der Waals surface area contributed by atoms with Crippen LogP contribution in [-0.2, 0) is 9.53 Å². The Kier molecular flexibility index (Phi) is 6.50. The molecule has 140 valence electrons. The quantitative estimate of drug-likeness (QED) is 0.772. The number of rotatable bonds is 7. The predicted octanol–water partition coefficient (Wildman–Crippen LogP) is 3.51. The monoisotopic (exact) mass is 376 g/mol. The van der Waals surface area contributed by atoms with Crippen LogP contribution in [0.25, 0.3) is 10.6 Å². The van der Waals surface area contributed by atoms with Crippen molar-refractivity contribution in [2.45, 2.75) is 45.8 Å². The first-order valence-corrected chi connectivity index (χ1v) is 9.24. The van der Waals surface area contributed by atoms with Crippen LogP contribution in [0.15, 0.2) is 29.6 Å². The molecule has 0 saturated carbocycles. The number of aliphatic carboxylic acids is 1. The number of carbonyl (C=O) groups is 2. The molecule has 0 radical (unpaired) electrons. The van der Waals surface area contributed by atoms with E-state index in [0.717, 1.165) is 16.1 Å². The van der Waals surface area contributed by atoms with Crippen molar-refractivity contribution in [1.29, 1.82) is 0 Å². The van der Waals surface area contributed by atoms with Crippen molar-refractivity contribution in [1.82, 2.24) is 10.3 Å². The lowest BCUT2D eigenvalue weighted by Crippen LogP contribution is -2.42. The number of carboxylic acid groups (broad SMARTS) is 1. The van der Waals surface area contributed by atoms with Gasteiger partial charge in [-0.1, -0.05) is 24.3 Å². The van der Waals surface area contributed by atoms with Crippen LogP contribution in [0.2, 0.25) is 0 Å². The third-order valence-electron chi connectivity index (χ3n) is 3.66. The van der Waals surface area contributed by atoms with Crippen molar-refractivity contribution in [3.05, 3.63) is 40.9 Å². The van der Waals surface area contributed by atoms with Gasteiger partial charge in [0.05, 0.1) is 5.60 Å². The van der Waals surface area contributed by atoms with E-state index in [1.807, 2.05) is 52.0 Å². The molecule has 0 spiro atoms. The minimum Gasteiger partial charge on any atom is -0.480 e. The molecule has 1 heterocycles. The number of hydrogen-bond acceptors (Lipinski definition) is 5. The van der Waals surface area contributed by atoms with Gasteiger partial charge in [0.25, 0.3) is 5.91 Å². The average molecular weight is 376 g/mol. The number of hydrogen-bond donors (Lipinski definition) is 2. The summed E-state index contributed by atoms with van der Waals surface area (Å²) in [7, 11) is 0. The molecule has 2 N–H and O–H groups in total. The Morgan fingerprint density at radius 3 is 2.62 bits per heavy atom. The van der Waals surface area contributed by atoms with Crippen molar-refractivity contribution >= 4 is 23.2 Å².